The number of carbonyl (C=O) groups is 2. The lowest BCUT2D eigenvalue weighted by Gasteiger charge is -2.37. The van der Waals surface area contributed by atoms with Crippen LogP contribution in [0.4, 0.5) is 0 Å². The van der Waals surface area contributed by atoms with Gasteiger partial charge in [-0.05, 0) is 61.2 Å². The number of amides is 2. The molecule has 0 saturated heterocycles. The normalized spacial score (nSPS) is 18.1. The molecule has 1 aliphatic heterocycles. The summed E-state index contributed by atoms with van der Waals surface area (Å²) in [5.74, 6) is 1.36. The van der Waals surface area contributed by atoms with E-state index in [1.165, 1.54) is 16.0 Å². The first-order chi connectivity index (χ1) is 14.9. The zero-order valence-electron chi connectivity index (χ0n) is 18.7. The van der Waals surface area contributed by atoms with E-state index in [1.807, 2.05) is 43.0 Å². The largest absolute Gasteiger partial charge is 0.491 e. The van der Waals surface area contributed by atoms with E-state index in [2.05, 4.69) is 18.4 Å². The molecule has 0 bridgehead atoms. The highest BCUT2D eigenvalue weighted by Crippen LogP contribution is 2.34. The molecule has 0 radical (unpaired) electrons. The molecular weight excluding hydrogens is 408 g/mol. The van der Waals surface area contributed by atoms with Crippen LogP contribution in [0.25, 0.3) is 0 Å². The SMILES string of the molecule is Cc1ccc(OC[C@@H]2c3ccsc3CCN2C(=O)CN(CC2CC2)C(=O)C(C)C)cc1. The van der Waals surface area contributed by atoms with Crippen molar-refractivity contribution in [2.75, 3.05) is 26.2 Å². The Hall–Kier alpha value is -2.34. The van der Waals surface area contributed by atoms with Crippen molar-refractivity contribution < 1.29 is 14.3 Å². The van der Waals surface area contributed by atoms with Gasteiger partial charge in [-0.15, -0.1) is 11.3 Å². The van der Waals surface area contributed by atoms with Gasteiger partial charge >= 0.3 is 0 Å². The number of carbonyl (C=O) groups excluding carboxylic acids is 2. The van der Waals surface area contributed by atoms with E-state index in [9.17, 15) is 9.59 Å². The predicted octanol–water partition coefficient (Wildman–Crippen LogP) is 4.46. The quantitative estimate of drug-likeness (QED) is 0.609. The van der Waals surface area contributed by atoms with Crippen LogP contribution in [0.5, 0.6) is 5.75 Å². The highest BCUT2D eigenvalue weighted by molar-refractivity contribution is 7.10. The van der Waals surface area contributed by atoms with Crippen LogP contribution >= 0.6 is 11.3 Å². The van der Waals surface area contributed by atoms with Gasteiger partial charge in [-0.3, -0.25) is 9.59 Å². The van der Waals surface area contributed by atoms with Gasteiger partial charge in [-0.1, -0.05) is 31.5 Å². The minimum atomic E-state index is -0.124. The summed E-state index contributed by atoms with van der Waals surface area (Å²) in [4.78, 5) is 31.2. The molecule has 2 amide bonds. The molecule has 1 fully saturated rings. The Morgan fingerprint density at radius 3 is 2.61 bits per heavy atom. The van der Waals surface area contributed by atoms with Crippen LogP contribution in [0.3, 0.4) is 0 Å². The highest BCUT2D eigenvalue weighted by atomic mass is 32.1. The molecule has 2 aliphatic rings. The van der Waals surface area contributed by atoms with E-state index in [0.717, 1.165) is 25.0 Å². The number of nitrogens with zero attached hydrogens (tertiary/aromatic N) is 2. The number of fused-ring (bicyclic) bond motifs is 1. The molecular formula is C25H32N2O3S. The van der Waals surface area contributed by atoms with Crippen molar-refractivity contribution in [3.05, 3.63) is 51.7 Å². The van der Waals surface area contributed by atoms with E-state index in [4.69, 9.17) is 4.74 Å². The number of rotatable bonds is 8. The molecule has 0 spiro atoms. The maximum Gasteiger partial charge on any atom is 0.242 e. The molecule has 5 nitrogen and oxygen atoms in total. The second-order valence-electron chi connectivity index (χ2n) is 9.09. The third-order valence-electron chi connectivity index (χ3n) is 6.15. The molecule has 6 heteroatoms. The number of hydrogen-bond donors (Lipinski definition) is 0. The lowest BCUT2D eigenvalue weighted by Crippen LogP contribution is -2.49. The Bertz CT molecular complexity index is 917. The monoisotopic (exact) mass is 440 g/mol. The molecule has 166 valence electrons. The molecule has 1 aromatic carbocycles. The summed E-state index contributed by atoms with van der Waals surface area (Å²) < 4.78 is 6.10. The van der Waals surface area contributed by atoms with Gasteiger partial charge in [0.15, 0.2) is 0 Å². The summed E-state index contributed by atoms with van der Waals surface area (Å²) >= 11 is 1.75. The first-order valence-corrected chi connectivity index (χ1v) is 12.1. The second-order valence-corrected chi connectivity index (χ2v) is 10.1. The Labute approximate surface area is 189 Å². The number of hydrogen-bond acceptors (Lipinski definition) is 4. The summed E-state index contributed by atoms with van der Waals surface area (Å²) in [5, 5.41) is 2.10. The van der Waals surface area contributed by atoms with Crippen LogP contribution in [0.1, 0.15) is 48.7 Å². The zero-order valence-corrected chi connectivity index (χ0v) is 19.5. The average molecular weight is 441 g/mol. The Morgan fingerprint density at radius 1 is 1.19 bits per heavy atom. The maximum atomic E-state index is 13.4. The van der Waals surface area contributed by atoms with E-state index < -0.39 is 0 Å². The van der Waals surface area contributed by atoms with Crippen molar-refractivity contribution in [3.63, 3.8) is 0 Å². The fourth-order valence-electron chi connectivity index (χ4n) is 4.15. The van der Waals surface area contributed by atoms with Crippen molar-refractivity contribution in [3.8, 4) is 5.75 Å². The van der Waals surface area contributed by atoms with Crippen LogP contribution < -0.4 is 4.74 Å². The molecule has 1 atom stereocenters. The molecule has 2 heterocycles. The summed E-state index contributed by atoms with van der Waals surface area (Å²) in [7, 11) is 0. The molecule has 1 saturated carbocycles. The van der Waals surface area contributed by atoms with Crippen molar-refractivity contribution in [1.82, 2.24) is 9.80 Å². The smallest absolute Gasteiger partial charge is 0.242 e. The van der Waals surface area contributed by atoms with E-state index in [1.54, 1.807) is 16.2 Å². The predicted molar refractivity (Wildman–Crippen MR) is 123 cm³/mol. The van der Waals surface area contributed by atoms with E-state index >= 15 is 0 Å². The Morgan fingerprint density at radius 2 is 1.94 bits per heavy atom. The van der Waals surface area contributed by atoms with Crippen molar-refractivity contribution in [2.24, 2.45) is 11.8 Å². The fraction of sp³-hybridized carbons (Fsp3) is 0.520. The number of aryl methyl sites for hydroxylation is 1. The van der Waals surface area contributed by atoms with Gasteiger partial charge in [0, 0.05) is 23.9 Å². The fourth-order valence-corrected chi connectivity index (χ4v) is 5.08. The van der Waals surface area contributed by atoms with Gasteiger partial charge in [-0.2, -0.15) is 0 Å². The number of ether oxygens (including phenoxy) is 1. The topological polar surface area (TPSA) is 49.9 Å². The summed E-state index contributed by atoms with van der Waals surface area (Å²) in [6.07, 6.45) is 3.18. The van der Waals surface area contributed by atoms with Crippen LogP contribution in [-0.4, -0.2) is 47.9 Å². The van der Waals surface area contributed by atoms with Crippen molar-refractivity contribution >= 4 is 23.2 Å². The first kappa shape index (κ1) is 21.9. The van der Waals surface area contributed by atoms with Gasteiger partial charge in [-0.25, -0.2) is 0 Å². The molecule has 4 rings (SSSR count). The van der Waals surface area contributed by atoms with Crippen LogP contribution in [0.15, 0.2) is 35.7 Å². The zero-order chi connectivity index (χ0) is 22.0. The van der Waals surface area contributed by atoms with Crippen LogP contribution in [0, 0.1) is 18.8 Å². The van der Waals surface area contributed by atoms with Crippen molar-refractivity contribution in [1.29, 1.82) is 0 Å². The van der Waals surface area contributed by atoms with Gasteiger partial charge < -0.3 is 14.5 Å². The molecule has 2 aromatic rings. The third-order valence-corrected chi connectivity index (χ3v) is 7.15. The Balaban J connectivity index is 1.49. The Kier molecular flexibility index (Phi) is 6.65. The van der Waals surface area contributed by atoms with Crippen LogP contribution in [0.2, 0.25) is 0 Å². The van der Waals surface area contributed by atoms with Crippen molar-refractivity contribution in [2.45, 2.75) is 46.1 Å². The van der Waals surface area contributed by atoms with E-state index in [-0.39, 0.29) is 30.3 Å². The second kappa shape index (κ2) is 9.43. The molecule has 0 unspecified atom stereocenters. The third kappa shape index (κ3) is 5.29. The van der Waals surface area contributed by atoms with Gasteiger partial charge in [0.05, 0.1) is 12.6 Å². The van der Waals surface area contributed by atoms with Gasteiger partial charge in [0.1, 0.15) is 12.4 Å². The molecule has 1 aliphatic carbocycles. The minimum Gasteiger partial charge on any atom is -0.491 e. The molecule has 0 N–H and O–H groups in total. The lowest BCUT2D eigenvalue weighted by atomic mass is 10.00. The maximum absolute atomic E-state index is 13.4. The van der Waals surface area contributed by atoms with E-state index in [0.29, 0.717) is 25.6 Å². The standard InChI is InChI=1S/C25H32N2O3S/c1-17(2)25(29)26(14-19-6-7-19)15-24(28)27-12-10-23-21(11-13-31-23)22(27)16-30-20-8-4-18(3)5-9-20/h4-5,8-9,11,13,17,19,22H,6-7,10,12,14-16H2,1-3H3/t22-/m1/s1. The summed E-state index contributed by atoms with van der Waals surface area (Å²) in [6.45, 7) is 7.81. The van der Waals surface area contributed by atoms with Gasteiger partial charge in [0.25, 0.3) is 0 Å². The number of thiophene rings is 1. The van der Waals surface area contributed by atoms with Gasteiger partial charge in [0.2, 0.25) is 11.8 Å². The molecule has 31 heavy (non-hydrogen) atoms. The first-order valence-electron chi connectivity index (χ1n) is 11.3. The molecule has 1 aromatic heterocycles. The minimum absolute atomic E-state index is 0.0176. The number of benzene rings is 1. The lowest BCUT2D eigenvalue weighted by molar-refractivity contribution is -0.144. The van der Waals surface area contributed by atoms with Crippen LogP contribution in [-0.2, 0) is 16.0 Å². The summed E-state index contributed by atoms with van der Waals surface area (Å²) in [5.41, 5.74) is 2.37. The average Bonchev–Trinajstić information content (AvgIpc) is 3.44. The summed E-state index contributed by atoms with van der Waals surface area (Å²) in [6, 6.07) is 9.99. The highest BCUT2D eigenvalue weighted by Gasteiger charge is 2.35.